The van der Waals surface area contributed by atoms with E-state index >= 15 is 0 Å². The third-order valence-corrected chi connectivity index (χ3v) is 5.74. The lowest BCUT2D eigenvalue weighted by Gasteiger charge is -2.22. The fourth-order valence-electron chi connectivity index (χ4n) is 4.24. The highest BCUT2D eigenvalue weighted by Crippen LogP contribution is 2.61. The van der Waals surface area contributed by atoms with Crippen LogP contribution in [0.25, 0.3) is 0 Å². The highest BCUT2D eigenvalue weighted by Gasteiger charge is 2.54. The SMILES string of the molecule is CCCNC(c1cc(Br)ccc1OC)C1C2CCCCC21. The molecule has 1 aromatic rings. The summed E-state index contributed by atoms with van der Waals surface area (Å²) in [5.74, 6) is 3.71. The van der Waals surface area contributed by atoms with Crippen LogP contribution in [0.15, 0.2) is 22.7 Å². The van der Waals surface area contributed by atoms with Crippen LogP contribution in [0.2, 0.25) is 0 Å². The van der Waals surface area contributed by atoms with Crippen molar-refractivity contribution in [2.75, 3.05) is 13.7 Å². The van der Waals surface area contributed by atoms with Crippen LogP contribution in [-0.2, 0) is 0 Å². The summed E-state index contributed by atoms with van der Waals surface area (Å²) in [5.41, 5.74) is 1.33. The van der Waals surface area contributed by atoms with Gasteiger partial charge in [0, 0.05) is 16.1 Å². The van der Waals surface area contributed by atoms with Crippen LogP contribution in [0, 0.1) is 17.8 Å². The Morgan fingerprint density at radius 2 is 2.00 bits per heavy atom. The summed E-state index contributed by atoms with van der Waals surface area (Å²) < 4.78 is 6.78. The molecule has 3 atom stereocenters. The second-order valence-corrected chi connectivity index (χ2v) is 7.42. The van der Waals surface area contributed by atoms with Crippen molar-refractivity contribution in [1.29, 1.82) is 0 Å². The second kappa shape index (κ2) is 6.70. The minimum Gasteiger partial charge on any atom is -0.496 e. The van der Waals surface area contributed by atoms with Gasteiger partial charge in [0.2, 0.25) is 0 Å². The maximum atomic E-state index is 5.63. The standard InChI is InChI=1S/C18H26BrNO/c1-3-10-20-18(17-13-6-4-5-7-14(13)17)15-11-12(19)8-9-16(15)21-2/h8-9,11,13-14,17-18,20H,3-7,10H2,1-2H3. The molecule has 0 radical (unpaired) electrons. The molecule has 2 aliphatic carbocycles. The predicted octanol–water partition coefficient (Wildman–Crippen LogP) is 4.93. The van der Waals surface area contributed by atoms with Crippen molar-refractivity contribution in [1.82, 2.24) is 5.32 Å². The zero-order valence-corrected chi connectivity index (χ0v) is 14.7. The highest BCUT2D eigenvalue weighted by atomic mass is 79.9. The van der Waals surface area contributed by atoms with Crippen LogP contribution in [0.5, 0.6) is 5.75 Å². The number of rotatable bonds is 6. The van der Waals surface area contributed by atoms with E-state index < -0.39 is 0 Å². The molecule has 2 aliphatic rings. The maximum Gasteiger partial charge on any atom is 0.123 e. The number of nitrogens with one attached hydrogen (secondary N) is 1. The van der Waals surface area contributed by atoms with Gasteiger partial charge in [-0.25, -0.2) is 0 Å². The summed E-state index contributed by atoms with van der Waals surface area (Å²) in [6.07, 6.45) is 6.88. The molecule has 2 saturated carbocycles. The fourth-order valence-corrected chi connectivity index (χ4v) is 4.62. The Labute approximate surface area is 136 Å². The summed E-state index contributed by atoms with van der Waals surface area (Å²) in [5, 5.41) is 3.81. The van der Waals surface area contributed by atoms with Crippen LogP contribution < -0.4 is 10.1 Å². The van der Waals surface area contributed by atoms with E-state index in [0.717, 1.165) is 34.5 Å². The van der Waals surface area contributed by atoms with Crippen molar-refractivity contribution in [3.63, 3.8) is 0 Å². The molecule has 21 heavy (non-hydrogen) atoms. The van der Waals surface area contributed by atoms with Crippen molar-refractivity contribution in [2.45, 2.75) is 45.1 Å². The number of fused-ring (bicyclic) bond motifs is 1. The third kappa shape index (κ3) is 3.14. The van der Waals surface area contributed by atoms with Gasteiger partial charge in [0.25, 0.3) is 0 Å². The van der Waals surface area contributed by atoms with E-state index in [9.17, 15) is 0 Å². The number of hydrogen-bond acceptors (Lipinski definition) is 2. The van der Waals surface area contributed by atoms with Gasteiger partial charge in [0.05, 0.1) is 7.11 Å². The molecule has 0 saturated heterocycles. The minimum atomic E-state index is 0.450. The van der Waals surface area contributed by atoms with Gasteiger partial charge in [0.1, 0.15) is 5.75 Å². The monoisotopic (exact) mass is 351 g/mol. The van der Waals surface area contributed by atoms with Crippen molar-refractivity contribution in [3.8, 4) is 5.75 Å². The molecular weight excluding hydrogens is 326 g/mol. The minimum absolute atomic E-state index is 0.450. The molecule has 0 aliphatic heterocycles. The van der Waals surface area contributed by atoms with E-state index in [0.29, 0.717) is 6.04 Å². The molecule has 0 aromatic heterocycles. The molecule has 116 valence electrons. The van der Waals surface area contributed by atoms with E-state index in [1.165, 1.54) is 37.7 Å². The Balaban J connectivity index is 1.87. The molecule has 3 rings (SSSR count). The molecule has 1 aromatic carbocycles. The van der Waals surface area contributed by atoms with Gasteiger partial charge in [0.15, 0.2) is 0 Å². The first kappa shape index (κ1) is 15.4. The molecular formula is C18H26BrNO. The van der Waals surface area contributed by atoms with Gasteiger partial charge >= 0.3 is 0 Å². The lowest BCUT2D eigenvalue weighted by atomic mass is 9.98. The first-order chi connectivity index (χ1) is 10.3. The van der Waals surface area contributed by atoms with Gasteiger partial charge in [-0.15, -0.1) is 0 Å². The fraction of sp³-hybridized carbons (Fsp3) is 0.667. The van der Waals surface area contributed by atoms with Crippen molar-refractivity contribution in [2.24, 2.45) is 17.8 Å². The Kier molecular flexibility index (Phi) is 4.90. The summed E-state index contributed by atoms with van der Waals surface area (Å²) in [4.78, 5) is 0. The molecule has 1 N–H and O–H groups in total. The van der Waals surface area contributed by atoms with Crippen LogP contribution in [0.1, 0.15) is 50.6 Å². The largest absolute Gasteiger partial charge is 0.496 e. The van der Waals surface area contributed by atoms with E-state index in [1.54, 1.807) is 7.11 Å². The highest BCUT2D eigenvalue weighted by molar-refractivity contribution is 9.10. The van der Waals surface area contributed by atoms with Gasteiger partial charge in [-0.1, -0.05) is 35.7 Å². The van der Waals surface area contributed by atoms with E-state index in [1.807, 2.05) is 0 Å². The lowest BCUT2D eigenvalue weighted by molar-refractivity contribution is 0.383. The molecule has 0 bridgehead atoms. The predicted molar refractivity (Wildman–Crippen MR) is 90.7 cm³/mol. The van der Waals surface area contributed by atoms with Crippen LogP contribution in [-0.4, -0.2) is 13.7 Å². The van der Waals surface area contributed by atoms with Crippen LogP contribution in [0.4, 0.5) is 0 Å². The van der Waals surface area contributed by atoms with E-state index in [-0.39, 0.29) is 0 Å². The van der Waals surface area contributed by atoms with Gasteiger partial charge in [-0.3, -0.25) is 0 Å². The Bertz CT molecular complexity index is 478. The van der Waals surface area contributed by atoms with E-state index in [2.05, 4.69) is 46.4 Å². The normalized spacial score (nSPS) is 28.8. The molecule has 0 heterocycles. The number of benzene rings is 1. The molecule has 0 spiro atoms. The first-order valence-electron chi connectivity index (χ1n) is 8.33. The summed E-state index contributed by atoms with van der Waals surface area (Å²) in [6.45, 7) is 3.32. The number of ether oxygens (including phenoxy) is 1. The zero-order chi connectivity index (χ0) is 14.8. The third-order valence-electron chi connectivity index (χ3n) is 5.25. The smallest absolute Gasteiger partial charge is 0.123 e. The Morgan fingerprint density at radius 1 is 1.29 bits per heavy atom. The lowest BCUT2D eigenvalue weighted by Crippen LogP contribution is -2.25. The number of halogens is 1. The molecule has 2 nitrogen and oxygen atoms in total. The van der Waals surface area contributed by atoms with Crippen molar-refractivity contribution >= 4 is 15.9 Å². The van der Waals surface area contributed by atoms with Crippen LogP contribution in [0.3, 0.4) is 0 Å². The molecule has 0 amide bonds. The summed E-state index contributed by atoms with van der Waals surface area (Å²) in [7, 11) is 1.78. The Hall–Kier alpha value is -0.540. The molecule has 2 fully saturated rings. The maximum absolute atomic E-state index is 5.63. The van der Waals surface area contributed by atoms with Gasteiger partial charge in [-0.05, 0) is 61.8 Å². The average molecular weight is 352 g/mol. The second-order valence-electron chi connectivity index (χ2n) is 6.51. The Morgan fingerprint density at radius 3 is 2.62 bits per heavy atom. The zero-order valence-electron chi connectivity index (χ0n) is 13.1. The van der Waals surface area contributed by atoms with Gasteiger partial charge in [-0.2, -0.15) is 0 Å². The molecule has 3 heteroatoms. The van der Waals surface area contributed by atoms with Crippen molar-refractivity contribution < 1.29 is 4.74 Å². The number of hydrogen-bond donors (Lipinski definition) is 1. The van der Waals surface area contributed by atoms with Crippen LogP contribution >= 0.6 is 15.9 Å². The first-order valence-corrected chi connectivity index (χ1v) is 9.12. The molecule has 3 unspecified atom stereocenters. The quantitative estimate of drug-likeness (QED) is 0.783. The summed E-state index contributed by atoms with van der Waals surface area (Å²) in [6, 6.07) is 6.85. The average Bonchev–Trinajstić information content (AvgIpc) is 3.22. The number of methoxy groups -OCH3 is 1. The van der Waals surface area contributed by atoms with Crippen molar-refractivity contribution in [3.05, 3.63) is 28.2 Å². The van der Waals surface area contributed by atoms with Gasteiger partial charge < -0.3 is 10.1 Å². The van der Waals surface area contributed by atoms with E-state index in [4.69, 9.17) is 4.74 Å². The topological polar surface area (TPSA) is 21.3 Å². The summed E-state index contributed by atoms with van der Waals surface area (Å²) >= 11 is 3.62.